The second-order valence-electron chi connectivity index (χ2n) is 9.06. The summed E-state index contributed by atoms with van der Waals surface area (Å²) < 4.78 is 3.57. The van der Waals surface area contributed by atoms with Crippen molar-refractivity contribution < 1.29 is 14.7 Å². The van der Waals surface area contributed by atoms with Gasteiger partial charge in [0.25, 0.3) is 11.8 Å². The smallest absolute Gasteiger partial charge is 0.274 e. The van der Waals surface area contributed by atoms with Crippen LogP contribution >= 0.6 is 0 Å². The number of aromatic nitrogens is 5. The number of nitrogens with one attached hydrogen (secondary N) is 2. The predicted octanol–water partition coefficient (Wildman–Crippen LogP) is 2.46. The van der Waals surface area contributed by atoms with Crippen molar-refractivity contribution in [3.8, 4) is 0 Å². The molecule has 1 aliphatic rings. The molecule has 4 aromatic heterocycles. The Morgan fingerprint density at radius 1 is 1.26 bits per heavy atom. The molecule has 0 fully saturated rings. The lowest BCUT2D eigenvalue weighted by atomic mass is 10.0. The van der Waals surface area contributed by atoms with Crippen LogP contribution < -0.4 is 10.6 Å². The molecule has 174 valence electrons. The van der Waals surface area contributed by atoms with E-state index in [9.17, 15) is 14.7 Å². The van der Waals surface area contributed by atoms with Crippen LogP contribution in [0.2, 0.25) is 0 Å². The maximum Gasteiger partial charge on any atom is 0.274 e. The van der Waals surface area contributed by atoms with E-state index in [0.717, 1.165) is 10.9 Å². The molecule has 0 aliphatic carbocycles. The Hall–Kier alpha value is -4.05. The number of aliphatic hydroxyl groups is 1. The molecule has 2 amide bonds. The van der Waals surface area contributed by atoms with Gasteiger partial charge in [0.15, 0.2) is 0 Å². The highest BCUT2D eigenvalue weighted by Gasteiger charge is 2.25. The number of hydrogen-bond donors (Lipinski definition) is 3. The van der Waals surface area contributed by atoms with Crippen LogP contribution in [-0.4, -0.2) is 47.8 Å². The Morgan fingerprint density at radius 3 is 2.82 bits per heavy atom. The lowest BCUT2D eigenvalue weighted by Gasteiger charge is -2.23. The summed E-state index contributed by atoms with van der Waals surface area (Å²) in [7, 11) is 0. The van der Waals surface area contributed by atoms with Gasteiger partial charge in [-0.2, -0.15) is 5.10 Å². The Kier molecular flexibility index (Phi) is 5.17. The Labute approximate surface area is 195 Å². The van der Waals surface area contributed by atoms with Crippen LogP contribution in [0.4, 0.5) is 5.69 Å². The van der Waals surface area contributed by atoms with Gasteiger partial charge in [-0.3, -0.25) is 19.3 Å². The topological polar surface area (TPSA) is 127 Å². The average molecular weight is 460 g/mol. The molecule has 0 radical (unpaired) electrons. The number of pyridine rings is 2. The standard InChI is InChI=1S/C24H25N7O3/c1-14-9-26-23(33)19-8-16-5-6-18(29-21(16)31(14)19)22(32)28-17-11-27-30(13-17)12-15-4-7-20(25-10-15)24(2,3)34/h4-8,10-11,13-14,34H,9,12H2,1-3H3,(H,26,33)(H,28,32)/t14-/m1/s1. The van der Waals surface area contributed by atoms with E-state index >= 15 is 0 Å². The molecule has 4 aromatic rings. The minimum atomic E-state index is -0.997. The van der Waals surface area contributed by atoms with Gasteiger partial charge in [-0.15, -0.1) is 0 Å². The van der Waals surface area contributed by atoms with Crippen molar-refractivity contribution in [2.45, 2.75) is 39.0 Å². The maximum atomic E-state index is 12.9. The number of fused-ring (bicyclic) bond motifs is 3. The van der Waals surface area contributed by atoms with Gasteiger partial charge >= 0.3 is 0 Å². The first kappa shape index (κ1) is 21.8. The predicted molar refractivity (Wildman–Crippen MR) is 126 cm³/mol. The number of carbonyl (C=O) groups excluding carboxylic acids is 2. The van der Waals surface area contributed by atoms with Gasteiger partial charge in [-0.1, -0.05) is 6.07 Å². The normalized spacial score (nSPS) is 15.8. The molecule has 34 heavy (non-hydrogen) atoms. The van der Waals surface area contributed by atoms with Crippen LogP contribution in [0.1, 0.15) is 59.0 Å². The minimum absolute atomic E-state index is 0.0428. The molecule has 0 saturated heterocycles. The van der Waals surface area contributed by atoms with E-state index in [1.807, 2.05) is 17.6 Å². The van der Waals surface area contributed by atoms with Crippen LogP contribution in [0, 0.1) is 0 Å². The molecule has 10 heteroatoms. The van der Waals surface area contributed by atoms with E-state index in [2.05, 4.69) is 25.7 Å². The van der Waals surface area contributed by atoms with Crippen LogP contribution in [0.5, 0.6) is 0 Å². The first-order valence-corrected chi connectivity index (χ1v) is 11.0. The van der Waals surface area contributed by atoms with E-state index < -0.39 is 5.60 Å². The molecule has 1 aliphatic heterocycles. The zero-order valence-electron chi connectivity index (χ0n) is 19.1. The quantitative estimate of drug-likeness (QED) is 0.421. The van der Waals surface area contributed by atoms with Crippen molar-refractivity contribution in [3.05, 3.63) is 71.6 Å². The fraction of sp³-hybridized carbons (Fsp3) is 0.292. The van der Waals surface area contributed by atoms with E-state index in [0.29, 0.717) is 35.8 Å². The summed E-state index contributed by atoms with van der Waals surface area (Å²) in [5, 5.41) is 20.8. The summed E-state index contributed by atoms with van der Waals surface area (Å²) in [5.41, 5.74) is 2.46. The largest absolute Gasteiger partial charge is 0.384 e. The minimum Gasteiger partial charge on any atom is -0.384 e. The Bertz CT molecular complexity index is 1400. The molecule has 0 bridgehead atoms. The van der Waals surface area contributed by atoms with Crippen molar-refractivity contribution in [1.29, 1.82) is 0 Å². The molecule has 0 saturated carbocycles. The fourth-order valence-electron chi connectivity index (χ4n) is 4.04. The second-order valence-corrected chi connectivity index (χ2v) is 9.06. The van der Waals surface area contributed by atoms with Gasteiger partial charge in [0.05, 0.1) is 30.2 Å². The van der Waals surface area contributed by atoms with Crippen molar-refractivity contribution in [3.63, 3.8) is 0 Å². The lowest BCUT2D eigenvalue weighted by Crippen LogP contribution is -2.37. The van der Waals surface area contributed by atoms with Gasteiger partial charge in [0.1, 0.15) is 22.6 Å². The third kappa shape index (κ3) is 4.03. The van der Waals surface area contributed by atoms with Crippen LogP contribution in [-0.2, 0) is 12.1 Å². The summed E-state index contributed by atoms with van der Waals surface area (Å²) in [6.07, 6.45) is 5.00. The van der Waals surface area contributed by atoms with E-state index in [1.54, 1.807) is 61.4 Å². The average Bonchev–Trinajstić information content (AvgIpc) is 3.40. The van der Waals surface area contributed by atoms with Crippen LogP contribution in [0.25, 0.3) is 11.0 Å². The number of rotatable bonds is 5. The highest BCUT2D eigenvalue weighted by atomic mass is 16.3. The van der Waals surface area contributed by atoms with E-state index in [1.165, 1.54) is 0 Å². The zero-order valence-corrected chi connectivity index (χ0v) is 19.1. The van der Waals surface area contributed by atoms with Gasteiger partial charge in [0.2, 0.25) is 0 Å². The molecule has 10 nitrogen and oxygen atoms in total. The highest BCUT2D eigenvalue weighted by molar-refractivity contribution is 6.04. The summed E-state index contributed by atoms with van der Waals surface area (Å²) in [6.45, 7) is 6.36. The van der Waals surface area contributed by atoms with Crippen molar-refractivity contribution >= 4 is 28.5 Å². The maximum absolute atomic E-state index is 12.9. The Balaban J connectivity index is 1.31. The third-order valence-electron chi connectivity index (χ3n) is 5.84. The third-order valence-corrected chi connectivity index (χ3v) is 5.84. The van der Waals surface area contributed by atoms with Gasteiger partial charge in [0, 0.05) is 24.3 Å². The summed E-state index contributed by atoms with van der Waals surface area (Å²) in [4.78, 5) is 33.9. The molecule has 0 aromatic carbocycles. The van der Waals surface area contributed by atoms with Gasteiger partial charge < -0.3 is 20.3 Å². The molecule has 0 spiro atoms. The first-order valence-electron chi connectivity index (χ1n) is 11.0. The molecular formula is C24H25N7O3. The van der Waals surface area contributed by atoms with Crippen molar-refractivity contribution in [2.24, 2.45) is 0 Å². The fourth-order valence-corrected chi connectivity index (χ4v) is 4.04. The highest BCUT2D eigenvalue weighted by Crippen LogP contribution is 2.26. The SMILES string of the molecule is C[C@@H]1CNC(=O)c2cc3ccc(C(=O)Nc4cnn(Cc5ccc(C(C)(C)O)nc5)c4)nc3n21. The number of amides is 2. The number of anilines is 1. The molecule has 0 unspecified atom stereocenters. The molecular weight excluding hydrogens is 434 g/mol. The van der Waals surface area contributed by atoms with Crippen molar-refractivity contribution in [1.82, 2.24) is 29.6 Å². The van der Waals surface area contributed by atoms with E-state index in [-0.39, 0.29) is 23.6 Å². The monoisotopic (exact) mass is 459 g/mol. The Morgan fingerprint density at radius 2 is 2.09 bits per heavy atom. The summed E-state index contributed by atoms with van der Waals surface area (Å²) in [6, 6.07) is 8.96. The van der Waals surface area contributed by atoms with Crippen LogP contribution in [0.3, 0.4) is 0 Å². The first-order chi connectivity index (χ1) is 16.2. The molecule has 5 rings (SSSR count). The molecule has 5 heterocycles. The van der Waals surface area contributed by atoms with Gasteiger partial charge in [-0.25, -0.2) is 4.98 Å². The van der Waals surface area contributed by atoms with E-state index in [4.69, 9.17) is 0 Å². The molecule has 1 atom stereocenters. The van der Waals surface area contributed by atoms with Gasteiger partial charge in [-0.05, 0) is 50.6 Å². The van der Waals surface area contributed by atoms with Crippen molar-refractivity contribution in [2.75, 3.05) is 11.9 Å². The number of nitrogens with zero attached hydrogens (tertiary/aromatic N) is 5. The summed E-state index contributed by atoms with van der Waals surface area (Å²) >= 11 is 0. The number of hydrogen-bond acceptors (Lipinski definition) is 6. The number of carbonyl (C=O) groups is 2. The van der Waals surface area contributed by atoms with Crippen LogP contribution in [0.15, 0.2) is 48.9 Å². The summed E-state index contributed by atoms with van der Waals surface area (Å²) in [5.74, 6) is -0.500. The zero-order chi connectivity index (χ0) is 24.0. The second kappa shape index (κ2) is 8.07. The molecule has 3 N–H and O–H groups in total. The lowest BCUT2D eigenvalue weighted by molar-refractivity contribution is 0.0738.